The number of rotatable bonds is 11. The summed E-state index contributed by atoms with van der Waals surface area (Å²) in [7, 11) is -4.02. The molecule has 0 amide bonds. The first-order valence-electron chi connectivity index (χ1n) is 12.6. The van der Waals surface area contributed by atoms with Crippen molar-refractivity contribution in [2.75, 3.05) is 0 Å². The second kappa shape index (κ2) is 10.5. The Balaban J connectivity index is 4.61. The van der Waals surface area contributed by atoms with Crippen molar-refractivity contribution in [2.24, 2.45) is 0 Å². The van der Waals surface area contributed by atoms with Gasteiger partial charge in [0.2, 0.25) is 0 Å². The van der Waals surface area contributed by atoms with Gasteiger partial charge < -0.3 is 0 Å². The molecule has 0 radical (unpaired) electrons. The molecule has 0 aliphatic heterocycles. The van der Waals surface area contributed by atoms with E-state index >= 15 is 3.50 Å². The Morgan fingerprint density at radius 2 is 0.968 bits per heavy atom. The minimum absolute atomic E-state index is 0.271. The van der Waals surface area contributed by atoms with Gasteiger partial charge in [-0.15, -0.1) is 0 Å². The van der Waals surface area contributed by atoms with Crippen molar-refractivity contribution in [1.29, 1.82) is 0 Å². The van der Waals surface area contributed by atoms with Crippen LogP contribution >= 0.6 is 0 Å². The average molecular weight is 579 g/mol. The van der Waals surface area contributed by atoms with E-state index in [1.165, 1.54) is 3.28 Å². The number of hydrogen-bond donors (Lipinski definition) is 0. The molecule has 0 bridgehead atoms. The Morgan fingerprint density at radius 1 is 0.677 bits per heavy atom. The number of nitrogens with zero attached hydrogens (tertiary/aromatic N) is 3. The van der Waals surface area contributed by atoms with Gasteiger partial charge in [-0.05, 0) is 0 Å². The van der Waals surface area contributed by atoms with Crippen LogP contribution in [0.2, 0.25) is 11.5 Å². The van der Waals surface area contributed by atoms with Gasteiger partial charge in [-0.2, -0.15) is 0 Å². The molecule has 0 unspecified atom stereocenters. The molecule has 183 valence electrons. The third kappa shape index (κ3) is 4.42. The van der Waals surface area contributed by atoms with E-state index in [0.29, 0.717) is 0 Å². The fraction of sp³-hybridized carbons (Fsp3) is 0.840. The second-order valence-corrected chi connectivity index (χ2v) is 55.2. The summed E-state index contributed by atoms with van der Waals surface area (Å²) in [4.78, 5) is 0. The summed E-state index contributed by atoms with van der Waals surface area (Å²) in [6.45, 7) is 27.7. The van der Waals surface area contributed by atoms with E-state index < -0.39 is 27.1 Å². The van der Waals surface area contributed by atoms with E-state index in [1.54, 1.807) is 0 Å². The summed E-state index contributed by atoms with van der Waals surface area (Å²) in [5.74, 6) is 4.19. The molecule has 0 aromatic heterocycles. The zero-order valence-corrected chi connectivity index (χ0v) is 27.7. The van der Waals surface area contributed by atoms with Crippen LogP contribution in [0.1, 0.15) is 89.5 Å². The van der Waals surface area contributed by atoms with Crippen molar-refractivity contribution in [3.63, 3.8) is 0 Å². The van der Waals surface area contributed by atoms with Gasteiger partial charge in [0.05, 0.1) is 0 Å². The van der Waals surface area contributed by atoms with Crippen LogP contribution in [0, 0.1) is 0 Å². The van der Waals surface area contributed by atoms with Gasteiger partial charge in [-0.3, -0.25) is 0 Å². The Labute approximate surface area is 196 Å². The topological polar surface area (TPSA) is 9.72 Å². The minimum atomic E-state index is -4.98. The molecular formula is C25H53FGeN3Zr. The van der Waals surface area contributed by atoms with Crippen LogP contribution in [-0.4, -0.2) is 54.7 Å². The summed E-state index contributed by atoms with van der Waals surface area (Å²) in [6.07, 6.45) is 7.71. The van der Waals surface area contributed by atoms with Crippen molar-refractivity contribution in [3.05, 3.63) is 21.5 Å². The molecule has 1 aliphatic carbocycles. The van der Waals surface area contributed by atoms with E-state index in [2.05, 4.69) is 121 Å². The molecule has 0 saturated heterocycles. The first-order valence-corrected chi connectivity index (χ1v) is 29.5. The van der Waals surface area contributed by atoms with Crippen molar-refractivity contribution < 1.29 is 20.6 Å². The SMILES string of the molecule is CC(C)[N](C(C)C)[Zr]([C]1=CC=CC1)([N](C(C)C)C(C)C)([N](C(C)C)C(C)C)[Ge]([CH3])([CH3])[F]. The fourth-order valence-corrected chi connectivity index (χ4v) is 89.0. The monoisotopic (exact) mass is 578 g/mol. The summed E-state index contributed by atoms with van der Waals surface area (Å²) < 4.78 is 27.8. The van der Waals surface area contributed by atoms with Gasteiger partial charge in [0.25, 0.3) is 0 Å². The van der Waals surface area contributed by atoms with E-state index in [0.717, 1.165) is 6.42 Å². The third-order valence-corrected chi connectivity index (χ3v) is 72.1. The standard InChI is InChI=1S/3C6H14N.C5H5.C2H6FGe.Zr/c3*1-5(2)7-6(3)4;1-2-4-5-3-1;1-4(2)3;/h3*5-6H,1-4H3;1-3H,4H2;1-2H3;/q3*-1;;;+3. The number of halogens is 1. The molecule has 0 spiro atoms. The van der Waals surface area contributed by atoms with Gasteiger partial charge in [0.1, 0.15) is 0 Å². The molecule has 0 aromatic rings. The van der Waals surface area contributed by atoms with Crippen molar-refractivity contribution in [2.45, 2.75) is 137 Å². The van der Waals surface area contributed by atoms with Crippen LogP contribution in [0.15, 0.2) is 21.5 Å². The van der Waals surface area contributed by atoms with Gasteiger partial charge in [0.15, 0.2) is 0 Å². The van der Waals surface area contributed by atoms with Crippen LogP contribution in [0.3, 0.4) is 0 Å². The number of hydrogen-bond acceptors (Lipinski definition) is 3. The predicted molar refractivity (Wildman–Crippen MR) is 137 cm³/mol. The second-order valence-electron chi connectivity index (χ2n) is 11.7. The van der Waals surface area contributed by atoms with E-state index in [9.17, 15) is 0 Å². The third-order valence-electron chi connectivity index (χ3n) is 7.26. The zero-order valence-electron chi connectivity index (χ0n) is 23.1. The van der Waals surface area contributed by atoms with Crippen LogP contribution < -0.4 is 0 Å². The van der Waals surface area contributed by atoms with Crippen molar-refractivity contribution in [1.82, 2.24) is 8.53 Å². The molecule has 6 heteroatoms. The molecule has 1 aliphatic rings. The summed E-state index contributed by atoms with van der Waals surface area (Å²) in [6, 6.07) is 1.63. The molecule has 31 heavy (non-hydrogen) atoms. The molecule has 0 N–H and O–H groups in total. The predicted octanol–water partition coefficient (Wildman–Crippen LogP) is 7.29. The number of allylic oxidation sites excluding steroid dienone is 4. The molecule has 0 fully saturated rings. The first-order chi connectivity index (χ1) is 14.0. The Kier molecular flexibility index (Phi) is 10.1. The van der Waals surface area contributed by atoms with E-state index in [-0.39, 0.29) is 36.3 Å². The first kappa shape index (κ1) is 29.7. The maximum absolute atomic E-state index is 18.0. The average Bonchev–Trinajstić information content (AvgIpc) is 3.05. The van der Waals surface area contributed by atoms with Crippen LogP contribution in [0.5, 0.6) is 0 Å². The van der Waals surface area contributed by atoms with E-state index in [1.807, 2.05) is 0 Å². The maximum atomic E-state index is 18.0. The van der Waals surface area contributed by atoms with Gasteiger partial charge in [-0.25, -0.2) is 0 Å². The normalized spacial score (nSPS) is 17.5. The van der Waals surface area contributed by atoms with Gasteiger partial charge in [-0.1, -0.05) is 0 Å². The Hall–Kier alpha value is 0.716. The molecule has 0 saturated carbocycles. The summed E-state index contributed by atoms with van der Waals surface area (Å²) in [5.41, 5.74) is 0. The summed E-state index contributed by atoms with van der Waals surface area (Å²) in [5, 5.41) is 0. The van der Waals surface area contributed by atoms with Gasteiger partial charge >= 0.3 is 198 Å². The Bertz CT molecular complexity index is 585. The molecule has 1 rings (SSSR count). The fourth-order valence-electron chi connectivity index (χ4n) is 7.71. The van der Waals surface area contributed by atoms with Crippen molar-refractivity contribution in [3.8, 4) is 0 Å². The molecule has 3 nitrogen and oxygen atoms in total. The summed E-state index contributed by atoms with van der Waals surface area (Å²) >= 11 is -4.98. The van der Waals surface area contributed by atoms with Crippen molar-refractivity contribution >= 4 is 9.94 Å². The molecular weight excluding hydrogens is 525 g/mol. The quantitative estimate of drug-likeness (QED) is 0.239. The van der Waals surface area contributed by atoms with Crippen LogP contribution in [-0.2, 0) is 17.1 Å². The van der Waals surface area contributed by atoms with Crippen LogP contribution in [0.25, 0.3) is 0 Å². The zero-order chi connectivity index (χ0) is 24.5. The van der Waals surface area contributed by atoms with Gasteiger partial charge in [0, 0.05) is 0 Å². The Morgan fingerprint density at radius 3 is 1.13 bits per heavy atom. The molecule has 0 heterocycles. The molecule has 0 aromatic carbocycles. The molecule has 0 atom stereocenters. The van der Waals surface area contributed by atoms with Crippen LogP contribution in [0.4, 0.5) is 3.50 Å². The van der Waals surface area contributed by atoms with E-state index in [4.69, 9.17) is 0 Å².